The van der Waals surface area contributed by atoms with Gasteiger partial charge in [-0.15, -0.1) is 0 Å². The number of nitrogens with zero attached hydrogens (tertiary/aromatic N) is 3. The van der Waals surface area contributed by atoms with Gasteiger partial charge in [0.05, 0.1) is 0 Å². The van der Waals surface area contributed by atoms with Gasteiger partial charge in [-0.2, -0.15) is 0 Å². The van der Waals surface area contributed by atoms with Crippen molar-refractivity contribution in [1.82, 2.24) is 14.2 Å². The predicted molar refractivity (Wildman–Crippen MR) is 102 cm³/mol. The van der Waals surface area contributed by atoms with Crippen LogP contribution in [0.15, 0.2) is 50.3 Å². The molecule has 0 amide bonds. The monoisotopic (exact) mass is 457 g/mol. The van der Waals surface area contributed by atoms with Crippen LogP contribution in [0, 0.1) is 0 Å². The van der Waals surface area contributed by atoms with Gasteiger partial charge in [-0.25, -0.2) is 28.8 Å². The van der Waals surface area contributed by atoms with Crippen LogP contribution < -0.4 is 31.6 Å². The highest BCUT2D eigenvalue weighted by Crippen LogP contribution is 2.05. The van der Waals surface area contributed by atoms with Crippen molar-refractivity contribution in [3.8, 4) is 0 Å². The Hall–Kier alpha value is -4.08. The van der Waals surface area contributed by atoms with Gasteiger partial charge >= 0.3 is 35.0 Å². The quantitative estimate of drug-likeness (QED) is 0.251. The number of carbonyl (C=O) groups is 3. The molecule has 1 rings (SSSR count). The van der Waals surface area contributed by atoms with E-state index < -0.39 is 57.7 Å². The lowest BCUT2D eigenvalue weighted by Crippen LogP contribution is -2.61. The minimum absolute atomic E-state index is 0.276. The van der Waals surface area contributed by atoms with E-state index in [9.17, 15) is 39.0 Å². The first-order chi connectivity index (χ1) is 14.6. The van der Waals surface area contributed by atoms with Gasteiger partial charge < -0.3 is 29.8 Å². The summed E-state index contributed by atoms with van der Waals surface area (Å²) < 4.78 is -1.12. The Labute approximate surface area is 177 Å². The van der Waals surface area contributed by atoms with Crippen LogP contribution in [0.2, 0.25) is 0 Å². The zero-order valence-corrected chi connectivity index (χ0v) is 17.1. The van der Waals surface area contributed by atoms with Crippen LogP contribution in [0.5, 0.6) is 0 Å². The zero-order chi connectivity index (χ0) is 25.0. The molecule has 1 aromatic heterocycles. The summed E-state index contributed by atoms with van der Waals surface area (Å²) in [7, 11) is 0. The Morgan fingerprint density at radius 3 is 1.41 bits per heavy atom. The average Bonchev–Trinajstić information content (AvgIpc) is 2.70. The highest BCUT2D eigenvalue weighted by Gasteiger charge is 2.26. The van der Waals surface area contributed by atoms with E-state index in [0.717, 1.165) is 20.8 Å². The first-order valence-corrected chi connectivity index (χ1v) is 8.38. The fourth-order valence-electron chi connectivity index (χ4n) is 1.66. The Bertz CT molecular complexity index is 1130. The third-order valence-electron chi connectivity index (χ3n) is 3.26. The van der Waals surface area contributed by atoms with Crippen LogP contribution in [0.1, 0.15) is 20.8 Å². The van der Waals surface area contributed by atoms with Gasteiger partial charge in [0.2, 0.25) is 5.79 Å². The topological polar surface area (TPSA) is 206 Å². The van der Waals surface area contributed by atoms with Gasteiger partial charge in [0, 0.05) is 16.7 Å². The van der Waals surface area contributed by atoms with Crippen LogP contribution >= 0.6 is 0 Å². The number of aliphatic hydroxyl groups excluding tert-OH is 1. The maximum Gasteiger partial charge on any atom is 0.405 e. The molecule has 0 aliphatic heterocycles. The van der Waals surface area contributed by atoms with Gasteiger partial charge in [0.25, 0.3) is 0 Å². The second-order valence-electron chi connectivity index (χ2n) is 6.29. The Morgan fingerprint density at radius 1 is 0.812 bits per heavy atom. The molecule has 1 aromatic rings. The molecular weight excluding hydrogens is 438 g/mol. The van der Waals surface area contributed by atoms with Gasteiger partial charge in [0.1, 0.15) is 6.61 Å². The number of carbonyl (C=O) groups excluding carboxylic acids is 3. The van der Waals surface area contributed by atoms with Gasteiger partial charge in [-0.1, -0.05) is 27.3 Å². The molecule has 3 N–H and O–H groups in total. The largest absolute Gasteiger partial charge is 0.405 e. The van der Waals surface area contributed by atoms with Gasteiger partial charge in [-0.3, -0.25) is 0 Å². The van der Waals surface area contributed by atoms with E-state index in [4.69, 9.17) is 5.11 Å². The van der Waals surface area contributed by atoms with E-state index in [-0.39, 0.29) is 20.6 Å². The molecular formula is C17H19N3O12. The Morgan fingerprint density at radius 2 is 1.12 bits per heavy atom. The van der Waals surface area contributed by atoms with E-state index in [1.54, 1.807) is 0 Å². The van der Waals surface area contributed by atoms with Crippen molar-refractivity contribution in [3.63, 3.8) is 0 Å². The molecule has 0 fully saturated rings. The van der Waals surface area contributed by atoms with E-state index >= 15 is 0 Å². The van der Waals surface area contributed by atoms with Crippen molar-refractivity contribution < 1.29 is 44.2 Å². The molecule has 0 spiro atoms. The summed E-state index contributed by atoms with van der Waals surface area (Å²) in [5.74, 6) is -6.99. The van der Waals surface area contributed by atoms with Crippen LogP contribution in [-0.2, 0) is 14.4 Å². The summed E-state index contributed by atoms with van der Waals surface area (Å²) in [5.41, 5.74) is -6.53. The molecule has 15 nitrogen and oxygen atoms in total. The van der Waals surface area contributed by atoms with Gasteiger partial charge in [0.15, 0.2) is 0 Å². The van der Waals surface area contributed by atoms with Crippen LogP contribution in [-0.4, -0.2) is 59.8 Å². The molecule has 0 aliphatic carbocycles. The van der Waals surface area contributed by atoms with Gasteiger partial charge in [-0.05, 0) is 26.8 Å². The maximum atomic E-state index is 12.5. The summed E-state index contributed by atoms with van der Waals surface area (Å²) in [6.07, 6.45) is 0.428. The van der Waals surface area contributed by atoms with E-state index in [1.807, 2.05) is 0 Å². The highest BCUT2D eigenvalue weighted by atomic mass is 16.8. The fraction of sp³-hybridized carbons (Fsp3) is 0.294. The number of aliphatic hydroxyl groups is 3. The smallest absolute Gasteiger partial charge is 0.390 e. The number of aromatic nitrogens is 3. The number of hydrogen-bond acceptors (Lipinski definition) is 12. The maximum absolute atomic E-state index is 12.5. The molecule has 0 saturated heterocycles. The summed E-state index contributed by atoms with van der Waals surface area (Å²) in [4.78, 5) is 86.4. The molecule has 32 heavy (non-hydrogen) atoms. The fourth-order valence-corrected chi connectivity index (χ4v) is 1.66. The third kappa shape index (κ3) is 5.97. The normalized spacial score (nSPS) is 11.5. The molecule has 0 saturated carbocycles. The van der Waals surface area contributed by atoms with Crippen molar-refractivity contribution in [3.05, 3.63) is 67.4 Å². The van der Waals surface area contributed by atoms with Crippen molar-refractivity contribution in [2.45, 2.75) is 26.6 Å². The first kappa shape index (κ1) is 26.0. The SMILES string of the molecule is C=C(C)C(=O)On1c(=O)n(OC(=O)C(=C)C)c(=O)n(OC(=O)/C(C)=C/C(O)(O)CO)c1=O. The van der Waals surface area contributed by atoms with Crippen molar-refractivity contribution >= 4 is 17.9 Å². The third-order valence-corrected chi connectivity index (χ3v) is 3.26. The van der Waals surface area contributed by atoms with Crippen LogP contribution in [0.3, 0.4) is 0 Å². The average molecular weight is 457 g/mol. The van der Waals surface area contributed by atoms with E-state index in [2.05, 4.69) is 27.7 Å². The van der Waals surface area contributed by atoms with Crippen molar-refractivity contribution in [2.24, 2.45) is 0 Å². The molecule has 0 radical (unpaired) electrons. The standard InChI is InChI=1S/C17H19N3O12/c1-8(2)11(22)30-18-14(25)19(31-12(23)9(3)4)16(27)20(15(18)26)32-13(24)10(5)6-17(28,29)7-21/h6,21,28-29H,1,3,7H2,2,4-5H3/b10-6+. The Kier molecular flexibility index (Phi) is 7.96. The zero-order valence-electron chi connectivity index (χ0n) is 17.1. The van der Waals surface area contributed by atoms with E-state index in [1.165, 1.54) is 0 Å². The molecule has 0 unspecified atom stereocenters. The number of rotatable bonds is 8. The summed E-state index contributed by atoms with van der Waals surface area (Å²) in [6.45, 7) is 8.53. The molecule has 1 heterocycles. The number of hydrogen-bond donors (Lipinski definition) is 3. The van der Waals surface area contributed by atoms with Crippen molar-refractivity contribution in [1.29, 1.82) is 0 Å². The lowest BCUT2D eigenvalue weighted by Gasteiger charge is -2.15. The molecule has 15 heteroatoms. The van der Waals surface area contributed by atoms with Crippen molar-refractivity contribution in [2.75, 3.05) is 6.61 Å². The molecule has 0 aliphatic rings. The lowest BCUT2D eigenvalue weighted by molar-refractivity contribution is -0.152. The molecule has 0 aromatic carbocycles. The highest BCUT2D eigenvalue weighted by molar-refractivity contribution is 5.88. The minimum atomic E-state index is -2.85. The molecule has 0 bridgehead atoms. The second-order valence-corrected chi connectivity index (χ2v) is 6.29. The minimum Gasteiger partial charge on any atom is -0.390 e. The summed E-state index contributed by atoms with van der Waals surface area (Å²) in [5, 5.41) is 27.5. The second kappa shape index (κ2) is 9.82. The first-order valence-electron chi connectivity index (χ1n) is 8.38. The van der Waals surface area contributed by atoms with Crippen LogP contribution in [0.4, 0.5) is 0 Å². The lowest BCUT2D eigenvalue weighted by atomic mass is 10.2. The van der Waals surface area contributed by atoms with Crippen LogP contribution in [0.25, 0.3) is 0 Å². The summed E-state index contributed by atoms with van der Waals surface area (Å²) >= 11 is 0. The summed E-state index contributed by atoms with van der Waals surface area (Å²) in [6, 6.07) is 0. The Balaban J connectivity index is 3.70. The predicted octanol–water partition coefficient (Wildman–Crippen LogP) is -4.19. The van der Waals surface area contributed by atoms with E-state index in [0.29, 0.717) is 6.08 Å². The molecule has 0 atom stereocenters. The molecule has 174 valence electrons.